The number of hydrogen-bond acceptors (Lipinski definition) is 8. The number of nitrogens with two attached hydrogens (primary N) is 2. The number of rotatable bonds is 2. The number of aliphatic hydroxyl groups excluding tert-OH is 2. The highest BCUT2D eigenvalue weighted by Crippen LogP contribution is 2.45. The summed E-state index contributed by atoms with van der Waals surface area (Å²) in [6, 6.07) is 5.28. The maximum absolute atomic E-state index is 10.3. The lowest BCUT2D eigenvalue weighted by Gasteiger charge is -2.34. The molecule has 116 valence electrons. The smallest absolute Gasteiger partial charge is 0.217 e. The average molecular weight is 304 g/mol. The van der Waals surface area contributed by atoms with Gasteiger partial charge >= 0.3 is 0 Å². The minimum absolute atomic E-state index is 0.241. The van der Waals surface area contributed by atoms with Crippen molar-refractivity contribution in [2.24, 2.45) is 5.73 Å². The van der Waals surface area contributed by atoms with Crippen molar-refractivity contribution in [2.75, 3.05) is 12.3 Å². The molecule has 0 aliphatic carbocycles. The summed E-state index contributed by atoms with van der Waals surface area (Å²) in [4.78, 5) is 3.88. The fraction of sp³-hybridized carbons (Fsp3) is 0.462. The van der Waals surface area contributed by atoms with Crippen LogP contribution >= 0.6 is 0 Å². The van der Waals surface area contributed by atoms with Crippen molar-refractivity contribution in [3.05, 3.63) is 24.2 Å². The highest BCUT2D eigenvalue weighted by atomic mass is 16.5. The molecule has 0 amide bonds. The third-order valence-corrected chi connectivity index (χ3v) is 4.23. The van der Waals surface area contributed by atoms with Gasteiger partial charge in [0.15, 0.2) is 5.82 Å². The van der Waals surface area contributed by atoms with Gasteiger partial charge in [-0.05, 0) is 19.1 Å². The molecular weight excluding hydrogens is 288 g/mol. The van der Waals surface area contributed by atoms with Gasteiger partial charge in [0.2, 0.25) is 5.60 Å². The van der Waals surface area contributed by atoms with Gasteiger partial charge < -0.3 is 26.4 Å². The lowest BCUT2D eigenvalue weighted by molar-refractivity contribution is -0.0561. The van der Waals surface area contributed by atoms with Crippen LogP contribution in [0.2, 0.25) is 0 Å². The summed E-state index contributed by atoms with van der Waals surface area (Å²) in [5, 5.41) is 33.5. The van der Waals surface area contributed by atoms with E-state index in [4.69, 9.17) is 16.2 Å². The van der Waals surface area contributed by atoms with Crippen LogP contribution in [0.3, 0.4) is 0 Å². The molecule has 1 saturated heterocycles. The van der Waals surface area contributed by atoms with E-state index in [-0.39, 0.29) is 5.82 Å². The van der Waals surface area contributed by atoms with Crippen LogP contribution in [0.5, 0.6) is 0 Å². The van der Waals surface area contributed by atoms with Crippen LogP contribution in [0.15, 0.2) is 18.5 Å². The maximum Gasteiger partial charge on any atom is 0.217 e. The Bertz CT molecular complexity index is 767. The molecule has 1 aliphatic heterocycles. The number of hydrogen-bond donors (Lipinski definition) is 4. The zero-order chi connectivity index (χ0) is 16.1. The molecule has 0 aromatic carbocycles. The lowest BCUT2D eigenvalue weighted by Crippen LogP contribution is -2.59. The van der Waals surface area contributed by atoms with Crippen molar-refractivity contribution in [3.63, 3.8) is 0 Å². The Labute approximate surface area is 125 Å². The summed E-state index contributed by atoms with van der Waals surface area (Å²) < 4.78 is 7.07. The number of ether oxygens (including phenoxy) is 1. The molecule has 0 saturated carbocycles. The summed E-state index contributed by atoms with van der Waals surface area (Å²) >= 11 is 0. The van der Waals surface area contributed by atoms with Gasteiger partial charge in [-0.3, -0.25) is 0 Å². The largest absolute Gasteiger partial charge is 0.394 e. The molecule has 9 nitrogen and oxygen atoms in total. The van der Waals surface area contributed by atoms with Crippen LogP contribution in [0.1, 0.15) is 12.6 Å². The molecule has 22 heavy (non-hydrogen) atoms. The molecular formula is C13H16N6O3. The molecule has 3 rings (SSSR count). The van der Waals surface area contributed by atoms with E-state index in [1.165, 1.54) is 17.8 Å². The number of nitriles is 1. The molecule has 2 aromatic heterocycles. The Morgan fingerprint density at radius 3 is 2.86 bits per heavy atom. The standard InChI is InChI=1S/C13H16N6O3/c1-12(16)10(21)8(4-20)22-13(12,5-14)9-3-2-7-11(15)17-6-18-19(7)9/h2-3,6,8,10,20-21H,4,16H2,1H3,(H2,15,17,18)/t8-,10-,12-,13+/m1/s1. The second kappa shape index (κ2) is 4.62. The van der Waals surface area contributed by atoms with Gasteiger partial charge in [0.1, 0.15) is 30.1 Å². The van der Waals surface area contributed by atoms with Crippen molar-refractivity contribution in [2.45, 2.75) is 30.3 Å². The van der Waals surface area contributed by atoms with Crippen LogP contribution in [0.4, 0.5) is 5.82 Å². The number of aliphatic hydroxyl groups is 2. The first-order valence-electron chi connectivity index (χ1n) is 6.64. The molecule has 1 fully saturated rings. The van der Waals surface area contributed by atoms with Gasteiger partial charge in [0, 0.05) is 0 Å². The lowest BCUT2D eigenvalue weighted by atomic mass is 9.78. The number of fused-ring (bicyclic) bond motifs is 1. The highest BCUT2D eigenvalue weighted by Gasteiger charge is 2.63. The van der Waals surface area contributed by atoms with E-state index >= 15 is 0 Å². The summed E-state index contributed by atoms with van der Waals surface area (Å²) in [7, 11) is 0. The zero-order valence-electron chi connectivity index (χ0n) is 11.8. The Balaban J connectivity index is 2.27. The minimum atomic E-state index is -1.69. The molecule has 6 N–H and O–H groups in total. The molecule has 1 aliphatic rings. The second-order valence-electron chi connectivity index (χ2n) is 5.52. The SMILES string of the molecule is C[C@@]1(N)[C@H](O)[C@@H](CO)O[C@@]1(C#N)c1ccc2c(N)ncnn12. The third kappa shape index (κ3) is 1.60. The first kappa shape index (κ1) is 14.7. The Morgan fingerprint density at radius 1 is 1.55 bits per heavy atom. The normalized spacial score (nSPS) is 34.9. The third-order valence-electron chi connectivity index (χ3n) is 4.23. The minimum Gasteiger partial charge on any atom is -0.394 e. The van der Waals surface area contributed by atoms with E-state index in [9.17, 15) is 15.5 Å². The number of anilines is 1. The summed E-state index contributed by atoms with van der Waals surface area (Å²) in [6.07, 6.45) is -0.944. The number of aromatic nitrogens is 3. The number of nitrogen functional groups attached to an aromatic ring is 1. The average Bonchev–Trinajstić information content (AvgIpc) is 3.01. The van der Waals surface area contributed by atoms with Gasteiger partial charge in [-0.1, -0.05) is 0 Å². The molecule has 0 bridgehead atoms. The quantitative estimate of drug-likeness (QED) is 0.522. The van der Waals surface area contributed by atoms with Gasteiger partial charge in [-0.15, -0.1) is 0 Å². The van der Waals surface area contributed by atoms with E-state index in [1.54, 1.807) is 12.1 Å². The molecule has 3 heterocycles. The molecule has 2 aromatic rings. The van der Waals surface area contributed by atoms with E-state index in [0.717, 1.165) is 0 Å². The van der Waals surface area contributed by atoms with Crippen LogP contribution in [-0.4, -0.2) is 49.2 Å². The van der Waals surface area contributed by atoms with Crippen molar-refractivity contribution in [1.29, 1.82) is 5.26 Å². The van der Waals surface area contributed by atoms with E-state index in [2.05, 4.69) is 10.1 Å². The fourth-order valence-corrected chi connectivity index (χ4v) is 2.91. The van der Waals surface area contributed by atoms with Crippen LogP contribution in [0.25, 0.3) is 5.52 Å². The zero-order valence-corrected chi connectivity index (χ0v) is 11.8. The predicted octanol–water partition coefficient (Wildman–Crippen LogP) is -1.50. The van der Waals surface area contributed by atoms with E-state index < -0.39 is 30.0 Å². The van der Waals surface area contributed by atoms with Crippen molar-refractivity contribution < 1.29 is 14.9 Å². The van der Waals surface area contributed by atoms with Crippen molar-refractivity contribution >= 4 is 11.3 Å². The highest BCUT2D eigenvalue weighted by molar-refractivity contribution is 5.66. The van der Waals surface area contributed by atoms with Gasteiger partial charge in [-0.25, -0.2) is 9.50 Å². The van der Waals surface area contributed by atoms with Crippen LogP contribution < -0.4 is 11.5 Å². The van der Waals surface area contributed by atoms with Crippen molar-refractivity contribution in [1.82, 2.24) is 14.6 Å². The molecule has 4 atom stereocenters. The Hall–Kier alpha value is -2.25. The Morgan fingerprint density at radius 2 is 2.27 bits per heavy atom. The van der Waals surface area contributed by atoms with Crippen LogP contribution in [0, 0.1) is 11.3 Å². The monoisotopic (exact) mass is 304 g/mol. The number of nitrogens with zero attached hydrogens (tertiary/aromatic N) is 4. The first-order valence-corrected chi connectivity index (χ1v) is 6.64. The van der Waals surface area contributed by atoms with Gasteiger partial charge in [0.05, 0.1) is 17.8 Å². The molecule has 9 heteroatoms. The molecule has 0 unspecified atom stereocenters. The maximum atomic E-state index is 10.3. The van der Waals surface area contributed by atoms with Gasteiger partial charge in [0.25, 0.3) is 0 Å². The van der Waals surface area contributed by atoms with Crippen LogP contribution in [-0.2, 0) is 10.3 Å². The molecule has 0 radical (unpaired) electrons. The first-order chi connectivity index (χ1) is 10.4. The second-order valence-corrected chi connectivity index (χ2v) is 5.52. The van der Waals surface area contributed by atoms with Gasteiger partial charge in [-0.2, -0.15) is 10.4 Å². The summed E-state index contributed by atoms with van der Waals surface area (Å²) in [5.74, 6) is 0.241. The fourth-order valence-electron chi connectivity index (χ4n) is 2.91. The topological polar surface area (TPSA) is 156 Å². The summed E-state index contributed by atoms with van der Waals surface area (Å²) in [6.45, 7) is 1.04. The van der Waals surface area contributed by atoms with Crippen molar-refractivity contribution in [3.8, 4) is 6.07 Å². The summed E-state index contributed by atoms with van der Waals surface area (Å²) in [5.41, 5.74) is 9.66. The van der Waals surface area contributed by atoms with E-state index in [0.29, 0.717) is 11.2 Å². The van der Waals surface area contributed by atoms with E-state index in [1.807, 2.05) is 6.07 Å². The predicted molar refractivity (Wildman–Crippen MR) is 75.2 cm³/mol. The Kier molecular flexibility index (Phi) is 3.08. The molecule has 0 spiro atoms.